The van der Waals surface area contributed by atoms with Gasteiger partial charge in [-0.1, -0.05) is 29.8 Å². The number of furan rings is 1. The summed E-state index contributed by atoms with van der Waals surface area (Å²) in [5, 5.41) is 2.62. The van der Waals surface area contributed by atoms with E-state index in [-0.39, 0.29) is 12.3 Å². The van der Waals surface area contributed by atoms with Crippen molar-refractivity contribution in [2.24, 2.45) is 0 Å². The highest BCUT2D eigenvalue weighted by Crippen LogP contribution is 2.08. The van der Waals surface area contributed by atoms with Crippen LogP contribution in [0.2, 0.25) is 0 Å². The molecule has 2 aromatic rings. The maximum atomic E-state index is 12.1. The van der Waals surface area contributed by atoms with Crippen LogP contribution < -0.4 is 10.0 Å². The number of sulfonamides is 1. The van der Waals surface area contributed by atoms with Crippen molar-refractivity contribution in [1.82, 2.24) is 10.0 Å². The summed E-state index contributed by atoms with van der Waals surface area (Å²) in [4.78, 5) is 11.9. The van der Waals surface area contributed by atoms with Crippen LogP contribution in [-0.4, -0.2) is 20.4 Å². The van der Waals surface area contributed by atoms with Gasteiger partial charge in [0.15, 0.2) is 0 Å². The molecule has 0 bridgehead atoms. The summed E-state index contributed by atoms with van der Waals surface area (Å²) in [6.07, 6.45) is 1.51. The molecule has 1 amide bonds. The number of carbonyl (C=O) groups excluding carboxylic acids is 1. The molecule has 0 saturated heterocycles. The Morgan fingerprint density at radius 2 is 2.04 bits per heavy atom. The van der Waals surface area contributed by atoms with Crippen LogP contribution in [0.4, 0.5) is 0 Å². The number of hydrogen-bond donors (Lipinski definition) is 2. The minimum absolute atomic E-state index is 0.162. The Kier molecular flexibility index (Phi) is 5.57. The van der Waals surface area contributed by atoms with Crippen LogP contribution in [0.15, 0.2) is 47.1 Å². The van der Waals surface area contributed by atoms with Gasteiger partial charge in [-0.05, 0) is 31.5 Å². The van der Waals surface area contributed by atoms with Crippen LogP contribution in [0.1, 0.15) is 23.8 Å². The first-order valence-corrected chi connectivity index (χ1v) is 8.86. The van der Waals surface area contributed by atoms with E-state index in [2.05, 4.69) is 10.0 Å². The summed E-state index contributed by atoms with van der Waals surface area (Å²) in [7, 11) is -3.60. The summed E-state index contributed by atoms with van der Waals surface area (Å²) in [6.45, 7) is 3.62. The number of aryl methyl sites for hydroxylation is 1. The minimum atomic E-state index is -3.60. The molecule has 1 aromatic heterocycles. The van der Waals surface area contributed by atoms with E-state index in [9.17, 15) is 13.2 Å². The van der Waals surface area contributed by atoms with Gasteiger partial charge in [-0.15, -0.1) is 0 Å². The number of carbonyl (C=O) groups is 1. The summed E-state index contributed by atoms with van der Waals surface area (Å²) >= 11 is 0. The van der Waals surface area contributed by atoms with E-state index in [0.717, 1.165) is 5.56 Å². The van der Waals surface area contributed by atoms with Crippen molar-refractivity contribution < 1.29 is 17.6 Å². The van der Waals surface area contributed by atoms with Crippen LogP contribution in [0.5, 0.6) is 0 Å². The summed E-state index contributed by atoms with van der Waals surface area (Å²) in [5.74, 6) is 0.0344. The zero-order chi connectivity index (χ0) is 16.9. The highest BCUT2D eigenvalue weighted by molar-refractivity contribution is 7.88. The van der Waals surface area contributed by atoms with Crippen molar-refractivity contribution in [3.05, 3.63) is 59.5 Å². The minimum Gasteiger partial charge on any atom is -0.467 e. The molecule has 0 aliphatic heterocycles. The molecule has 0 saturated carbocycles. The largest absolute Gasteiger partial charge is 0.467 e. The predicted molar refractivity (Wildman–Crippen MR) is 87.0 cm³/mol. The van der Waals surface area contributed by atoms with Gasteiger partial charge in [0.05, 0.1) is 24.6 Å². The van der Waals surface area contributed by atoms with E-state index in [4.69, 9.17) is 4.42 Å². The van der Waals surface area contributed by atoms with E-state index in [0.29, 0.717) is 11.3 Å². The molecule has 0 radical (unpaired) electrons. The quantitative estimate of drug-likeness (QED) is 0.806. The second-order valence-corrected chi connectivity index (χ2v) is 7.14. The Labute approximate surface area is 135 Å². The zero-order valence-electron chi connectivity index (χ0n) is 13.1. The molecule has 0 spiro atoms. The molecular formula is C16H20N2O4S. The summed E-state index contributed by atoms with van der Waals surface area (Å²) in [6, 6.07) is 9.84. The fraction of sp³-hybridized carbons (Fsp3) is 0.312. The molecule has 0 unspecified atom stereocenters. The Hall–Kier alpha value is -2.12. The van der Waals surface area contributed by atoms with Crippen LogP contribution in [0.25, 0.3) is 0 Å². The van der Waals surface area contributed by atoms with Crippen molar-refractivity contribution >= 4 is 15.9 Å². The highest BCUT2D eigenvalue weighted by Gasteiger charge is 2.20. The average Bonchev–Trinajstić information content (AvgIpc) is 2.96. The average molecular weight is 336 g/mol. The molecule has 0 aliphatic rings. The van der Waals surface area contributed by atoms with Gasteiger partial charge in [0.25, 0.3) is 0 Å². The van der Waals surface area contributed by atoms with Gasteiger partial charge in [0.2, 0.25) is 15.9 Å². The summed E-state index contributed by atoms with van der Waals surface area (Å²) < 4.78 is 31.8. The maximum Gasteiger partial charge on any atom is 0.238 e. The van der Waals surface area contributed by atoms with Crippen LogP contribution in [-0.2, 0) is 27.1 Å². The van der Waals surface area contributed by atoms with E-state index in [1.807, 2.05) is 13.0 Å². The lowest BCUT2D eigenvalue weighted by Gasteiger charge is -2.14. The number of amides is 1. The Morgan fingerprint density at radius 3 is 2.70 bits per heavy atom. The molecule has 124 valence electrons. The second kappa shape index (κ2) is 7.43. The van der Waals surface area contributed by atoms with Gasteiger partial charge >= 0.3 is 0 Å². The normalized spacial score (nSPS) is 12.8. The standard InChI is InChI=1S/C16H20N2O4S/c1-12-5-3-6-14(9-12)11-23(20,21)18-13(2)16(19)17-10-15-7-4-8-22-15/h3-9,13,18H,10-11H2,1-2H3,(H,17,19)/t13-/m0/s1. The van der Waals surface area contributed by atoms with Crippen molar-refractivity contribution in [2.75, 3.05) is 0 Å². The second-order valence-electron chi connectivity index (χ2n) is 5.38. The first-order valence-electron chi connectivity index (χ1n) is 7.21. The van der Waals surface area contributed by atoms with Gasteiger partial charge in [-0.3, -0.25) is 4.79 Å². The van der Waals surface area contributed by atoms with Crippen LogP contribution in [0, 0.1) is 6.92 Å². The van der Waals surface area contributed by atoms with Gasteiger partial charge in [0.1, 0.15) is 5.76 Å². The van der Waals surface area contributed by atoms with Crippen LogP contribution in [0.3, 0.4) is 0 Å². The Bertz CT molecular complexity index is 754. The molecule has 6 nitrogen and oxygen atoms in total. The van der Waals surface area contributed by atoms with Gasteiger partial charge in [-0.2, -0.15) is 0 Å². The summed E-state index contributed by atoms with van der Waals surface area (Å²) in [5.41, 5.74) is 1.67. The fourth-order valence-corrected chi connectivity index (χ4v) is 3.47. The smallest absolute Gasteiger partial charge is 0.238 e. The maximum absolute atomic E-state index is 12.1. The number of nitrogens with one attached hydrogen (secondary N) is 2. The van der Waals surface area contributed by atoms with Crippen LogP contribution >= 0.6 is 0 Å². The molecule has 7 heteroatoms. The Balaban J connectivity index is 1.89. The third-order valence-corrected chi connectivity index (χ3v) is 4.63. The van der Waals surface area contributed by atoms with Crippen molar-refractivity contribution in [3.63, 3.8) is 0 Å². The monoisotopic (exact) mass is 336 g/mol. The predicted octanol–water partition coefficient (Wildman–Crippen LogP) is 1.71. The third kappa shape index (κ3) is 5.54. The number of benzene rings is 1. The molecule has 1 heterocycles. The number of rotatable bonds is 7. The number of hydrogen-bond acceptors (Lipinski definition) is 4. The first-order chi connectivity index (χ1) is 10.9. The van der Waals surface area contributed by atoms with Crippen molar-refractivity contribution in [1.29, 1.82) is 0 Å². The first kappa shape index (κ1) is 17.2. The molecule has 1 atom stereocenters. The zero-order valence-corrected chi connectivity index (χ0v) is 13.9. The molecule has 0 aliphatic carbocycles. The highest BCUT2D eigenvalue weighted by atomic mass is 32.2. The lowest BCUT2D eigenvalue weighted by molar-refractivity contribution is -0.122. The molecule has 1 aromatic carbocycles. The SMILES string of the molecule is Cc1cccc(CS(=O)(=O)N[C@@H](C)C(=O)NCc2ccco2)c1. The van der Waals surface area contributed by atoms with Gasteiger partial charge in [-0.25, -0.2) is 13.1 Å². The lowest BCUT2D eigenvalue weighted by Crippen LogP contribution is -2.44. The molecule has 2 rings (SSSR count). The third-order valence-electron chi connectivity index (χ3n) is 3.21. The molecule has 23 heavy (non-hydrogen) atoms. The molecular weight excluding hydrogens is 316 g/mol. The van der Waals surface area contributed by atoms with E-state index < -0.39 is 22.0 Å². The molecule has 0 fully saturated rings. The van der Waals surface area contributed by atoms with Crippen molar-refractivity contribution in [3.8, 4) is 0 Å². The van der Waals surface area contributed by atoms with E-state index >= 15 is 0 Å². The van der Waals surface area contributed by atoms with Gasteiger partial charge in [0, 0.05) is 0 Å². The molecule has 2 N–H and O–H groups in total. The van der Waals surface area contributed by atoms with E-state index in [1.54, 1.807) is 30.3 Å². The topological polar surface area (TPSA) is 88.4 Å². The van der Waals surface area contributed by atoms with E-state index in [1.165, 1.54) is 13.2 Å². The Morgan fingerprint density at radius 1 is 1.26 bits per heavy atom. The lowest BCUT2D eigenvalue weighted by atomic mass is 10.2. The van der Waals surface area contributed by atoms with Gasteiger partial charge < -0.3 is 9.73 Å². The van der Waals surface area contributed by atoms with Crippen molar-refractivity contribution in [2.45, 2.75) is 32.2 Å². The fourth-order valence-electron chi connectivity index (χ4n) is 2.13.